The maximum atomic E-state index is 12.3. The fourth-order valence-corrected chi connectivity index (χ4v) is 2.33. The number of nitrogens with two attached hydrogens (primary N) is 1. The van der Waals surface area contributed by atoms with Crippen LogP contribution in [-0.2, 0) is 4.79 Å². The van der Waals surface area contributed by atoms with Gasteiger partial charge in [0.25, 0.3) is 5.91 Å². The van der Waals surface area contributed by atoms with E-state index in [1.54, 1.807) is 4.90 Å². The first kappa shape index (κ1) is 16.7. The SMILES string of the molecule is CC(C)C(N)=CC(=N)C(=O)N1CCC(n2cc([N+](=O)[O-])cn2)C1. The summed E-state index contributed by atoms with van der Waals surface area (Å²) in [5.74, 6) is -0.322. The molecular formula is C14H20N6O3. The molecule has 2 rings (SSSR count). The van der Waals surface area contributed by atoms with Crippen LogP contribution in [0.25, 0.3) is 0 Å². The standard InChI is InChI=1S/C14H20N6O3/c1-9(2)12(15)5-13(16)14(21)18-4-3-10(7-18)19-8-11(6-17-19)20(22)23/h5-6,8-10,16H,3-4,7,15H2,1-2H3. The van der Waals surface area contributed by atoms with Gasteiger partial charge in [0.05, 0.1) is 11.0 Å². The van der Waals surface area contributed by atoms with E-state index in [0.29, 0.717) is 25.2 Å². The molecular weight excluding hydrogens is 300 g/mol. The van der Waals surface area contributed by atoms with Crippen LogP contribution in [0.5, 0.6) is 0 Å². The van der Waals surface area contributed by atoms with E-state index in [1.165, 1.54) is 23.2 Å². The largest absolute Gasteiger partial charge is 0.402 e. The number of carbonyl (C=O) groups excluding carboxylic acids is 1. The smallest absolute Gasteiger partial charge is 0.307 e. The highest BCUT2D eigenvalue weighted by Gasteiger charge is 2.30. The maximum Gasteiger partial charge on any atom is 0.307 e. The summed E-state index contributed by atoms with van der Waals surface area (Å²) in [5, 5.41) is 22.5. The lowest BCUT2D eigenvalue weighted by Crippen LogP contribution is -2.34. The van der Waals surface area contributed by atoms with Crippen LogP contribution in [0, 0.1) is 21.4 Å². The van der Waals surface area contributed by atoms with Crippen LogP contribution in [0.3, 0.4) is 0 Å². The molecule has 1 aliphatic heterocycles. The van der Waals surface area contributed by atoms with Gasteiger partial charge in [-0.05, 0) is 18.4 Å². The Morgan fingerprint density at radius 2 is 2.30 bits per heavy atom. The van der Waals surface area contributed by atoms with Gasteiger partial charge in [0, 0.05) is 18.8 Å². The van der Waals surface area contributed by atoms with Gasteiger partial charge in [0.15, 0.2) is 0 Å². The van der Waals surface area contributed by atoms with Crippen molar-refractivity contribution < 1.29 is 9.72 Å². The normalized spacial score (nSPS) is 18.5. The van der Waals surface area contributed by atoms with Crippen molar-refractivity contribution in [3.63, 3.8) is 0 Å². The lowest BCUT2D eigenvalue weighted by molar-refractivity contribution is -0.385. The molecule has 0 radical (unpaired) electrons. The Labute approximate surface area is 133 Å². The second-order valence-electron chi connectivity index (χ2n) is 5.84. The zero-order valence-corrected chi connectivity index (χ0v) is 13.1. The summed E-state index contributed by atoms with van der Waals surface area (Å²) in [4.78, 5) is 24.0. The molecule has 3 N–H and O–H groups in total. The summed E-state index contributed by atoms with van der Waals surface area (Å²) in [6, 6.07) is -0.119. The third kappa shape index (κ3) is 3.74. The average Bonchev–Trinajstić information content (AvgIpc) is 3.14. The van der Waals surface area contributed by atoms with E-state index in [2.05, 4.69) is 5.10 Å². The summed E-state index contributed by atoms with van der Waals surface area (Å²) in [6.07, 6.45) is 4.58. The fraction of sp³-hybridized carbons (Fsp3) is 0.500. The molecule has 0 aliphatic carbocycles. The zero-order valence-electron chi connectivity index (χ0n) is 13.1. The van der Waals surface area contributed by atoms with Crippen molar-refractivity contribution in [3.05, 3.63) is 34.3 Å². The Morgan fingerprint density at radius 1 is 1.61 bits per heavy atom. The number of hydrogen-bond acceptors (Lipinski definition) is 6. The number of allylic oxidation sites excluding steroid dienone is 1. The van der Waals surface area contributed by atoms with Gasteiger partial charge in [-0.1, -0.05) is 13.8 Å². The second-order valence-corrected chi connectivity index (χ2v) is 5.84. The molecule has 0 bridgehead atoms. The fourth-order valence-electron chi connectivity index (χ4n) is 2.33. The maximum absolute atomic E-state index is 12.3. The van der Waals surface area contributed by atoms with Crippen LogP contribution in [0.1, 0.15) is 26.3 Å². The molecule has 1 fully saturated rings. The monoisotopic (exact) mass is 320 g/mol. The molecule has 1 aliphatic rings. The van der Waals surface area contributed by atoms with Gasteiger partial charge in [0.1, 0.15) is 18.1 Å². The van der Waals surface area contributed by atoms with E-state index in [9.17, 15) is 14.9 Å². The number of rotatable bonds is 5. The van der Waals surface area contributed by atoms with Gasteiger partial charge >= 0.3 is 5.69 Å². The number of nitrogens with zero attached hydrogens (tertiary/aromatic N) is 4. The predicted molar refractivity (Wildman–Crippen MR) is 84.0 cm³/mol. The highest BCUT2D eigenvalue weighted by Crippen LogP contribution is 2.23. The molecule has 9 heteroatoms. The number of aromatic nitrogens is 2. The summed E-state index contributed by atoms with van der Waals surface area (Å²) in [7, 11) is 0. The molecule has 1 unspecified atom stereocenters. The Bertz CT molecular complexity index is 663. The molecule has 9 nitrogen and oxygen atoms in total. The molecule has 1 aromatic heterocycles. The molecule has 1 saturated heterocycles. The van der Waals surface area contributed by atoms with E-state index >= 15 is 0 Å². The minimum Gasteiger partial charge on any atom is -0.402 e. The topological polar surface area (TPSA) is 131 Å². The summed E-state index contributed by atoms with van der Waals surface area (Å²) < 4.78 is 1.51. The van der Waals surface area contributed by atoms with Crippen molar-refractivity contribution in [2.45, 2.75) is 26.3 Å². The lowest BCUT2D eigenvalue weighted by Gasteiger charge is -2.16. The molecule has 23 heavy (non-hydrogen) atoms. The molecule has 2 heterocycles. The van der Waals surface area contributed by atoms with Crippen LogP contribution in [0.4, 0.5) is 5.69 Å². The van der Waals surface area contributed by atoms with Crippen molar-refractivity contribution in [1.82, 2.24) is 14.7 Å². The van der Waals surface area contributed by atoms with E-state index in [4.69, 9.17) is 11.1 Å². The highest BCUT2D eigenvalue weighted by atomic mass is 16.6. The van der Waals surface area contributed by atoms with Crippen LogP contribution in [-0.4, -0.2) is 44.3 Å². The number of nitrogens with one attached hydrogen (secondary N) is 1. The number of nitro groups is 1. The quantitative estimate of drug-likeness (QED) is 0.476. The van der Waals surface area contributed by atoms with Crippen molar-refractivity contribution in [1.29, 1.82) is 5.41 Å². The van der Waals surface area contributed by atoms with Gasteiger partial charge in [-0.25, -0.2) is 0 Å². The molecule has 0 spiro atoms. The first-order chi connectivity index (χ1) is 10.8. The Morgan fingerprint density at radius 3 is 2.87 bits per heavy atom. The number of amides is 1. The lowest BCUT2D eigenvalue weighted by atomic mass is 10.1. The summed E-state index contributed by atoms with van der Waals surface area (Å²) in [6.45, 7) is 4.63. The van der Waals surface area contributed by atoms with Crippen molar-refractivity contribution in [2.75, 3.05) is 13.1 Å². The van der Waals surface area contributed by atoms with Crippen LogP contribution < -0.4 is 5.73 Å². The predicted octanol–water partition coefficient (Wildman–Crippen LogP) is 1.08. The number of carbonyl (C=O) groups is 1. The van der Waals surface area contributed by atoms with Crippen LogP contribution in [0.2, 0.25) is 0 Å². The van der Waals surface area contributed by atoms with Crippen LogP contribution in [0.15, 0.2) is 24.2 Å². The zero-order chi connectivity index (χ0) is 17.1. The number of likely N-dealkylation sites (tertiary alicyclic amines) is 1. The Balaban J connectivity index is 2.01. The summed E-state index contributed by atoms with van der Waals surface area (Å²) in [5.41, 5.74) is 6.04. The molecule has 0 saturated carbocycles. The second kappa shape index (κ2) is 6.59. The third-order valence-electron chi connectivity index (χ3n) is 3.83. The molecule has 124 valence electrons. The van der Waals surface area contributed by atoms with Gasteiger partial charge < -0.3 is 10.6 Å². The first-order valence-electron chi connectivity index (χ1n) is 7.33. The minimum atomic E-state index is -0.503. The Kier molecular flexibility index (Phi) is 4.77. The number of hydrogen-bond donors (Lipinski definition) is 2. The van der Waals surface area contributed by atoms with E-state index in [1.807, 2.05) is 13.8 Å². The van der Waals surface area contributed by atoms with E-state index in [0.717, 1.165) is 0 Å². The highest BCUT2D eigenvalue weighted by molar-refractivity contribution is 6.42. The van der Waals surface area contributed by atoms with Gasteiger partial charge in [-0.3, -0.25) is 25.0 Å². The molecule has 1 amide bonds. The molecule has 1 atom stereocenters. The Hall–Kier alpha value is -2.71. The van der Waals surface area contributed by atoms with Crippen LogP contribution >= 0.6 is 0 Å². The van der Waals surface area contributed by atoms with Gasteiger partial charge in [0.2, 0.25) is 0 Å². The molecule has 1 aromatic rings. The van der Waals surface area contributed by atoms with Gasteiger partial charge in [-0.2, -0.15) is 5.10 Å². The van der Waals surface area contributed by atoms with Crippen molar-refractivity contribution in [2.24, 2.45) is 11.7 Å². The van der Waals surface area contributed by atoms with E-state index in [-0.39, 0.29) is 23.4 Å². The molecule has 0 aromatic carbocycles. The summed E-state index contributed by atoms with van der Waals surface area (Å²) >= 11 is 0. The first-order valence-corrected chi connectivity index (χ1v) is 7.33. The van der Waals surface area contributed by atoms with Crippen molar-refractivity contribution in [3.8, 4) is 0 Å². The van der Waals surface area contributed by atoms with E-state index < -0.39 is 10.8 Å². The minimum absolute atomic E-state index is 0.0686. The van der Waals surface area contributed by atoms with Crippen molar-refractivity contribution >= 4 is 17.3 Å². The van der Waals surface area contributed by atoms with Gasteiger partial charge in [-0.15, -0.1) is 0 Å². The third-order valence-corrected chi connectivity index (χ3v) is 3.83. The average molecular weight is 320 g/mol.